The van der Waals surface area contributed by atoms with Gasteiger partial charge in [-0.25, -0.2) is 17.9 Å². The molecule has 2 heterocycles. The van der Waals surface area contributed by atoms with Crippen molar-refractivity contribution in [2.45, 2.75) is 181 Å². The maximum atomic E-state index is 14.8. The predicted molar refractivity (Wildman–Crippen MR) is 241 cm³/mol. The minimum Gasteiger partial charge on any atom is -0.507 e. The van der Waals surface area contributed by atoms with Crippen LogP contribution in [-0.2, 0) is 21.2 Å². The Balaban J connectivity index is 1.04. The molecule has 3 saturated carbocycles. The van der Waals surface area contributed by atoms with E-state index >= 15 is 0 Å². The number of ether oxygens (including phenoxy) is 2. The molecule has 0 bridgehead atoms. The van der Waals surface area contributed by atoms with Gasteiger partial charge in [0.2, 0.25) is 10.0 Å². The number of unbranched alkanes of at least 4 members (excludes halogenated alkanes) is 2. The third-order valence-corrected chi connectivity index (χ3v) is 18.3. The van der Waals surface area contributed by atoms with Gasteiger partial charge >= 0.3 is 6.09 Å². The summed E-state index contributed by atoms with van der Waals surface area (Å²) in [4.78, 5) is 16.9. The second-order valence-corrected chi connectivity index (χ2v) is 23.4. The zero-order valence-corrected chi connectivity index (χ0v) is 39.0. The van der Waals surface area contributed by atoms with Gasteiger partial charge in [0.15, 0.2) is 0 Å². The van der Waals surface area contributed by atoms with Gasteiger partial charge < -0.3 is 19.5 Å². The molecule has 13 atom stereocenters. The molecule has 7 aliphatic rings. The number of likely N-dealkylation sites (tertiary alicyclic amines) is 1. The summed E-state index contributed by atoms with van der Waals surface area (Å²) < 4.78 is 41.2. The van der Waals surface area contributed by atoms with Crippen molar-refractivity contribution in [1.29, 1.82) is 0 Å². The molecular formula is C51H76N2O6S. The first kappa shape index (κ1) is 44.0. The molecule has 5 aliphatic carbocycles. The highest BCUT2D eigenvalue weighted by Gasteiger charge is 2.61. The van der Waals surface area contributed by atoms with E-state index in [2.05, 4.69) is 65.8 Å². The van der Waals surface area contributed by atoms with E-state index in [9.17, 15) is 18.3 Å². The van der Waals surface area contributed by atoms with Crippen molar-refractivity contribution in [1.82, 2.24) is 9.62 Å². The van der Waals surface area contributed by atoms with Crippen LogP contribution in [0.3, 0.4) is 0 Å². The Kier molecular flexibility index (Phi) is 12.3. The van der Waals surface area contributed by atoms with Crippen LogP contribution in [0.25, 0.3) is 0 Å². The Hall–Kier alpha value is -2.62. The zero-order valence-electron chi connectivity index (χ0n) is 38.2. The van der Waals surface area contributed by atoms with Crippen LogP contribution >= 0.6 is 0 Å². The molecule has 332 valence electrons. The van der Waals surface area contributed by atoms with E-state index in [4.69, 9.17) is 9.47 Å². The van der Waals surface area contributed by atoms with Crippen LogP contribution in [0, 0.1) is 46.8 Å². The Morgan fingerprint density at radius 2 is 1.87 bits per heavy atom. The van der Waals surface area contributed by atoms with Gasteiger partial charge in [-0.3, -0.25) is 0 Å². The number of allylic oxidation sites excluding steroid dienone is 4. The van der Waals surface area contributed by atoms with E-state index in [0.29, 0.717) is 41.5 Å². The van der Waals surface area contributed by atoms with E-state index in [1.54, 1.807) is 5.57 Å². The molecule has 2 unspecified atom stereocenters. The van der Waals surface area contributed by atoms with Crippen molar-refractivity contribution in [2.24, 2.45) is 46.8 Å². The number of carbonyl (C=O) groups excluding carboxylic acids is 1. The van der Waals surface area contributed by atoms with Crippen molar-refractivity contribution >= 4 is 16.1 Å². The number of hydrogen-bond acceptors (Lipinski definition) is 6. The summed E-state index contributed by atoms with van der Waals surface area (Å²) in [5, 5.41) is 11.8. The Bertz CT molecular complexity index is 2010. The van der Waals surface area contributed by atoms with E-state index in [1.165, 1.54) is 36.7 Å². The number of benzene rings is 1. The maximum absolute atomic E-state index is 14.8. The molecule has 0 aromatic heterocycles. The van der Waals surface area contributed by atoms with Gasteiger partial charge in [0, 0.05) is 30.0 Å². The predicted octanol–water partition coefficient (Wildman–Crippen LogP) is 11.4. The summed E-state index contributed by atoms with van der Waals surface area (Å²) in [5.41, 5.74) is 7.21. The zero-order chi connectivity index (χ0) is 42.9. The number of aromatic hydroxyl groups is 1. The number of amides is 1. The summed E-state index contributed by atoms with van der Waals surface area (Å²) in [6, 6.07) is 3.93. The number of hydrogen-bond donors (Lipinski definition) is 2. The quantitative estimate of drug-likeness (QED) is 0.189. The fourth-order valence-corrected chi connectivity index (χ4v) is 15.4. The second-order valence-electron chi connectivity index (χ2n) is 21.6. The highest BCUT2D eigenvalue weighted by atomic mass is 32.2. The lowest BCUT2D eigenvalue weighted by Gasteiger charge is -2.54. The van der Waals surface area contributed by atoms with Crippen LogP contribution in [0.4, 0.5) is 4.79 Å². The number of fused-ring (bicyclic) bond motifs is 6. The number of phenols is 1. The van der Waals surface area contributed by atoms with Gasteiger partial charge in [-0.1, -0.05) is 75.5 Å². The molecule has 60 heavy (non-hydrogen) atoms. The lowest BCUT2D eigenvalue weighted by molar-refractivity contribution is -0.0794. The highest BCUT2D eigenvalue weighted by molar-refractivity contribution is 7.88. The second kappa shape index (κ2) is 16.8. The molecular weight excluding hydrogens is 769 g/mol. The summed E-state index contributed by atoms with van der Waals surface area (Å²) in [6.45, 7) is 20.9. The molecule has 1 amide bonds. The van der Waals surface area contributed by atoms with Gasteiger partial charge in [0.25, 0.3) is 0 Å². The van der Waals surface area contributed by atoms with Gasteiger partial charge in [0.1, 0.15) is 11.5 Å². The average Bonchev–Trinajstić information content (AvgIpc) is 3.63. The third kappa shape index (κ3) is 8.19. The molecule has 8 rings (SSSR count). The van der Waals surface area contributed by atoms with E-state index in [0.717, 1.165) is 94.6 Å². The molecule has 0 radical (unpaired) electrons. The number of nitrogens with zero attached hydrogens (tertiary/aromatic N) is 1. The van der Waals surface area contributed by atoms with Gasteiger partial charge in [-0.05, 0) is 169 Å². The van der Waals surface area contributed by atoms with Crippen molar-refractivity contribution in [2.75, 3.05) is 12.8 Å². The summed E-state index contributed by atoms with van der Waals surface area (Å²) in [6.07, 6.45) is 19.8. The van der Waals surface area contributed by atoms with Crippen LogP contribution in [0.2, 0.25) is 0 Å². The van der Waals surface area contributed by atoms with Crippen molar-refractivity contribution in [3.63, 3.8) is 0 Å². The maximum Gasteiger partial charge on any atom is 0.415 e. The SMILES string of the molecule is C=C(C)C1CCC(C)=CC1c1c(O)cc(CCCCC)cc1OC(=O)N1C[C@@H](C)C[C@H]2O[C@]3(CC[C@@H]4C(=C(C)C3)C[C@H]3[C@H]4CC[C@@H]4C[C@H](NS(C)(=O)=O)CC[C@@]43C)[C@H](C)[C@@H]21. The molecule has 9 heteroatoms. The Labute approximate surface area is 362 Å². The molecule has 1 spiro atoms. The first-order valence-corrected chi connectivity index (χ1v) is 25.8. The fraction of sp³-hybridized carbons (Fsp3) is 0.745. The molecule has 1 aromatic carbocycles. The standard InChI is InChI=1S/C51H76N2O6S/c1-10-11-12-13-35-24-44(54)47(42-22-31(4)14-16-38(42)30(2)3)45(25-35)58-49(55)53-29-32(5)23-46-48(53)34(7)51(59-46)21-19-39-40-17-15-36-26-37(52-60(9,56)57)18-20-50(36,8)43(40)27-41(39)33(6)28-51/h22,24-25,32,34,36-40,42-43,46,48,52,54H,2,10-21,23,26-29H2,1,3-9H3/t32-,34+,36+,37+,38?,39-,40-,42?,43-,46+,48-,50-,51-/m0/s1. The minimum atomic E-state index is -3.21. The van der Waals surface area contributed by atoms with Crippen molar-refractivity contribution < 1.29 is 27.8 Å². The van der Waals surface area contributed by atoms with Crippen LogP contribution in [0.5, 0.6) is 11.5 Å². The van der Waals surface area contributed by atoms with Crippen molar-refractivity contribution in [3.05, 3.63) is 58.2 Å². The Morgan fingerprint density at radius 1 is 1.08 bits per heavy atom. The molecule has 8 nitrogen and oxygen atoms in total. The highest BCUT2D eigenvalue weighted by Crippen LogP contribution is 2.65. The van der Waals surface area contributed by atoms with E-state index in [1.807, 2.05) is 17.0 Å². The van der Waals surface area contributed by atoms with Crippen LogP contribution in [-0.4, -0.2) is 61.1 Å². The smallest absolute Gasteiger partial charge is 0.415 e. The topological polar surface area (TPSA) is 105 Å². The van der Waals surface area contributed by atoms with Crippen LogP contribution in [0.15, 0.2) is 47.1 Å². The minimum absolute atomic E-state index is 0.0464. The number of rotatable bonds is 9. The van der Waals surface area contributed by atoms with Gasteiger partial charge in [-0.2, -0.15) is 0 Å². The van der Waals surface area contributed by atoms with Gasteiger partial charge in [-0.15, -0.1) is 0 Å². The normalized spacial score (nSPS) is 39.0. The fourth-order valence-electron chi connectivity index (χ4n) is 14.5. The van der Waals surface area contributed by atoms with E-state index in [-0.39, 0.29) is 64.7 Å². The largest absolute Gasteiger partial charge is 0.507 e. The van der Waals surface area contributed by atoms with Crippen LogP contribution < -0.4 is 9.46 Å². The summed E-state index contributed by atoms with van der Waals surface area (Å²) in [5.74, 6) is 3.64. The molecule has 1 aromatic rings. The lowest BCUT2D eigenvalue weighted by Crippen LogP contribution is -2.55. The van der Waals surface area contributed by atoms with Gasteiger partial charge in [0.05, 0.1) is 24.0 Å². The summed E-state index contributed by atoms with van der Waals surface area (Å²) >= 11 is 0. The monoisotopic (exact) mass is 845 g/mol. The Morgan fingerprint density at radius 3 is 2.60 bits per heavy atom. The number of nitrogens with one attached hydrogen (secondary N) is 1. The molecule has 2 aliphatic heterocycles. The molecule has 2 N–H and O–H groups in total. The summed E-state index contributed by atoms with van der Waals surface area (Å²) in [7, 11) is -3.21. The molecule has 5 fully saturated rings. The first-order chi connectivity index (χ1) is 28.4. The third-order valence-electron chi connectivity index (χ3n) is 17.5. The van der Waals surface area contributed by atoms with Crippen molar-refractivity contribution in [3.8, 4) is 11.5 Å². The number of piperidine rings is 1. The first-order valence-electron chi connectivity index (χ1n) is 23.9. The lowest BCUT2D eigenvalue weighted by atomic mass is 9.52. The average molecular weight is 845 g/mol. The number of sulfonamides is 1. The molecule has 2 saturated heterocycles. The number of carbonyl (C=O) groups is 1. The number of aryl methyl sites for hydroxylation is 1. The van der Waals surface area contributed by atoms with Crippen LogP contribution in [0.1, 0.15) is 162 Å². The number of phenolic OH excluding ortho intramolecular Hbond substituents is 1. The van der Waals surface area contributed by atoms with E-state index < -0.39 is 10.0 Å².